The Balaban J connectivity index is 1.66. The predicted molar refractivity (Wildman–Crippen MR) is 143 cm³/mol. The molecule has 0 aromatic heterocycles. The van der Waals surface area contributed by atoms with Crippen molar-refractivity contribution in [2.24, 2.45) is 5.41 Å². The fraction of sp³-hybridized carbons (Fsp3) is 0.400. The van der Waals surface area contributed by atoms with Gasteiger partial charge in [-0.1, -0.05) is 86.9 Å². The number of allylic oxidation sites excluding steroid dienone is 3. The highest BCUT2D eigenvalue weighted by Gasteiger charge is 2.43. The minimum atomic E-state index is -0.455. The van der Waals surface area contributed by atoms with Crippen LogP contribution in [0.5, 0.6) is 0 Å². The van der Waals surface area contributed by atoms with Crippen molar-refractivity contribution in [1.29, 1.82) is 0 Å². The summed E-state index contributed by atoms with van der Waals surface area (Å²) in [5.41, 5.74) is 5.86. The molecular formula is C30H34BrNO3. The molecule has 0 radical (unpaired) electrons. The summed E-state index contributed by atoms with van der Waals surface area (Å²) in [4.78, 5) is 26.9. The van der Waals surface area contributed by atoms with Crippen LogP contribution in [-0.4, -0.2) is 11.8 Å². The van der Waals surface area contributed by atoms with E-state index in [2.05, 4.69) is 68.0 Å². The summed E-state index contributed by atoms with van der Waals surface area (Å²) in [7, 11) is 0. The first-order chi connectivity index (χ1) is 16.4. The lowest BCUT2D eigenvalue weighted by Crippen LogP contribution is -2.38. The van der Waals surface area contributed by atoms with Gasteiger partial charge in [0, 0.05) is 33.8 Å². The first-order valence-corrected chi connectivity index (χ1v) is 12.9. The highest BCUT2D eigenvalue weighted by molar-refractivity contribution is 9.10. The number of hydrogen-bond acceptors (Lipinski definition) is 4. The Kier molecular flexibility index (Phi) is 6.85. The first-order valence-electron chi connectivity index (χ1n) is 12.1. The summed E-state index contributed by atoms with van der Waals surface area (Å²) in [6, 6.07) is 16.0. The van der Waals surface area contributed by atoms with Gasteiger partial charge in [0.2, 0.25) is 0 Å². The molecule has 1 atom stereocenters. The van der Waals surface area contributed by atoms with Gasteiger partial charge in [-0.3, -0.25) is 4.79 Å². The molecule has 1 heterocycles. The maximum atomic E-state index is 13.5. The van der Waals surface area contributed by atoms with E-state index >= 15 is 0 Å². The van der Waals surface area contributed by atoms with E-state index in [9.17, 15) is 9.59 Å². The van der Waals surface area contributed by atoms with E-state index in [-0.39, 0.29) is 23.2 Å². The topological polar surface area (TPSA) is 55.4 Å². The molecule has 0 bridgehead atoms. The van der Waals surface area contributed by atoms with Crippen LogP contribution in [0.3, 0.4) is 0 Å². The van der Waals surface area contributed by atoms with Crippen LogP contribution in [0.15, 0.2) is 75.5 Å². The standard InChI is InChI=1S/C30H34BrNO3/c1-18-25(28(34)35-17-19-10-12-21(13-11-19)29(2,3)4)26(20-8-7-9-22(31)14-20)27-23(32-18)15-30(5,6)16-24(27)33/h7-14,26,32H,15-17H2,1-6H3. The average Bonchev–Trinajstić information content (AvgIpc) is 2.75. The van der Waals surface area contributed by atoms with Crippen molar-refractivity contribution in [3.8, 4) is 0 Å². The summed E-state index contributed by atoms with van der Waals surface area (Å²) < 4.78 is 6.73. The Morgan fingerprint density at radius 3 is 2.43 bits per heavy atom. The van der Waals surface area contributed by atoms with Gasteiger partial charge in [-0.05, 0) is 53.0 Å². The van der Waals surface area contributed by atoms with Crippen molar-refractivity contribution in [3.63, 3.8) is 0 Å². The van der Waals surface area contributed by atoms with Crippen LogP contribution in [0, 0.1) is 5.41 Å². The van der Waals surface area contributed by atoms with E-state index in [0.717, 1.165) is 33.4 Å². The van der Waals surface area contributed by atoms with Gasteiger partial charge in [0.25, 0.3) is 0 Å². The molecule has 184 valence electrons. The molecule has 0 saturated heterocycles. The Labute approximate surface area is 217 Å². The summed E-state index contributed by atoms with van der Waals surface area (Å²) in [5, 5.41) is 3.40. The predicted octanol–water partition coefficient (Wildman–Crippen LogP) is 7.09. The van der Waals surface area contributed by atoms with Crippen molar-refractivity contribution in [2.75, 3.05) is 0 Å². The zero-order valence-electron chi connectivity index (χ0n) is 21.4. The summed E-state index contributed by atoms with van der Waals surface area (Å²) >= 11 is 3.55. The maximum absolute atomic E-state index is 13.5. The fourth-order valence-electron chi connectivity index (χ4n) is 5.05. The quantitative estimate of drug-likeness (QED) is 0.424. The zero-order chi connectivity index (χ0) is 25.5. The van der Waals surface area contributed by atoms with Gasteiger partial charge >= 0.3 is 5.97 Å². The molecule has 2 aromatic carbocycles. The molecule has 35 heavy (non-hydrogen) atoms. The van der Waals surface area contributed by atoms with Crippen molar-refractivity contribution >= 4 is 27.7 Å². The number of benzene rings is 2. The molecule has 4 nitrogen and oxygen atoms in total. The third-order valence-corrected chi connectivity index (χ3v) is 7.32. The lowest BCUT2D eigenvalue weighted by Gasteiger charge is -2.39. The minimum Gasteiger partial charge on any atom is -0.457 e. The van der Waals surface area contributed by atoms with Gasteiger partial charge < -0.3 is 10.1 Å². The Morgan fingerprint density at radius 2 is 1.80 bits per heavy atom. The number of ether oxygens (including phenoxy) is 1. The zero-order valence-corrected chi connectivity index (χ0v) is 23.0. The lowest BCUT2D eigenvalue weighted by atomic mass is 9.68. The number of carbonyl (C=O) groups is 2. The number of ketones is 1. The molecule has 0 fully saturated rings. The average molecular weight is 537 g/mol. The van der Waals surface area contributed by atoms with Crippen LogP contribution in [0.25, 0.3) is 0 Å². The molecule has 1 aliphatic heterocycles. The monoisotopic (exact) mass is 535 g/mol. The number of rotatable bonds is 4. The number of halogens is 1. The number of carbonyl (C=O) groups excluding carboxylic acids is 2. The Morgan fingerprint density at radius 1 is 1.11 bits per heavy atom. The van der Waals surface area contributed by atoms with Gasteiger partial charge in [0.15, 0.2) is 5.78 Å². The van der Waals surface area contributed by atoms with Crippen LogP contribution < -0.4 is 5.32 Å². The van der Waals surface area contributed by atoms with Crippen molar-refractivity contribution in [3.05, 3.63) is 92.2 Å². The van der Waals surface area contributed by atoms with Crippen molar-refractivity contribution < 1.29 is 14.3 Å². The van der Waals surface area contributed by atoms with Gasteiger partial charge in [0.05, 0.1) is 5.57 Å². The number of hydrogen-bond donors (Lipinski definition) is 1. The van der Waals surface area contributed by atoms with E-state index in [1.807, 2.05) is 43.3 Å². The van der Waals surface area contributed by atoms with Crippen LogP contribution in [0.1, 0.15) is 77.0 Å². The molecule has 0 spiro atoms. The third kappa shape index (κ3) is 5.45. The molecule has 1 unspecified atom stereocenters. The lowest BCUT2D eigenvalue weighted by molar-refractivity contribution is -0.140. The van der Waals surface area contributed by atoms with E-state index in [4.69, 9.17) is 4.74 Å². The van der Waals surface area contributed by atoms with Crippen molar-refractivity contribution in [1.82, 2.24) is 5.32 Å². The summed E-state index contributed by atoms with van der Waals surface area (Å²) in [6.45, 7) is 12.8. The van der Waals surface area contributed by atoms with Gasteiger partial charge in [0.1, 0.15) is 6.61 Å². The normalized spacial score (nSPS) is 19.9. The molecule has 0 amide bonds. The fourth-order valence-corrected chi connectivity index (χ4v) is 5.47. The number of dihydropyridines is 1. The third-order valence-electron chi connectivity index (χ3n) is 6.83. The molecule has 4 rings (SSSR count). The number of nitrogens with one attached hydrogen (secondary N) is 1. The van der Waals surface area contributed by atoms with E-state index in [1.54, 1.807) is 0 Å². The molecule has 2 aromatic rings. The minimum absolute atomic E-state index is 0.0641. The Hall–Kier alpha value is -2.66. The highest BCUT2D eigenvalue weighted by Crippen LogP contribution is 2.47. The first kappa shape index (κ1) is 25.4. The van der Waals surface area contributed by atoms with Crippen LogP contribution >= 0.6 is 15.9 Å². The second kappa shape index (κ2) is 9.42. The Bertz CT molecular complexity index is 1230. The van der Waals surface area contributed by atoms with Crippen LogP contribution in [0.4, 0.5) is 0 Å². The van der Waals surface area contributed by atoms with Crippen molar-refractivity contribution in [2.45, 2.75) is 72.3 Å². The van der Waals surface area contributed by atoms with E-state index < -0.39 is 11.9 Å². The molecule has 1 aliphatic carbocycles. The molecular weight excluding hydrogens is 502 g/mol. The molecule has 2 aliphatic rings. The summed E-state index contributed by atoms with van der Waals surface area (Å²) in [6.07, 6.45) is 1.22. The molecule has 0 saturated carbocycles. The number of esters is 1. The van der Waals surface area contributed by atoms with Gasteiger partial charge in [-0.15, -0.1) is 0 Å². The van der Waals surface area contributed by atoms with E-state index in [0.29, 0.717) is 17.6 Å². The van der Waals surface area contributed by atoms with Crippen LogP contribution in [0.2, 0.25) is 0 Å². The maximum Gasteiger partial charge on any atom is 0.337 e. The smallest absolute Gasteiger partial charge is 0.337 e. The van der Waals surface area contributed by atoms with Gasteiger partial charge in [-0.25, -0.2) is 4.79 Å². The molecule has 1 N–H and O–H groups in total. The SMILES string of the molecule is CC1=C(C(=O)OCc2ccc(C(C)(C)C)cc2)C(c2cccc(Br)c2)C2=C(CC(C)(C)CC2=O)N1. The largest absolute Gasteiger partial charge is 0.457 e. The highest BCUT2D eigenvalue weighted by atomic mass is 79.9. The second-order valence-corrected chi connectivity index (χ2v) is 12.4. The van der Waals surface area contributed by atoms with Gasteiger partial charge in [-0.2, -0.15) is 0 Å². The summed E-state index contributed by atoms with van der Waals surface area (Å²) in [5.74, 6) is -0.767. The number of Topliss-reactive ketones (excluding diaryl/α,β-unsaturated/α-hetero) is 1. The van der Waals surface area contributed by atoms with E-state index in [1.165, 1.54) is 5.56 Å². The van der Waals surface area contributed by atoms with Crippen LogP contribution in [-0.2, 0) is 26.3 Å². The second-order valence-electron chi connectivity index (χ2n) is 11.5. The molecule has 5 heteroatoms.